The van der Waals surface area contributed by atoms with Crippen LogP contribution < -0.4 is 0 Å². The quantitative estimate of drug-likeness (QED) is 0.921. The van der Waals surface area contributed by atoms with E-state index in [1.165, 1.54) is 0 Å². The predicted molar refractivity (Wildman–Crippen MR) is 86.1 cm³/mol. The third kappa shape index (κ3) is 3.37. The average Bonchev–Trinajstić information content (AvgIpc) is 2.90. The van der Waals surface area contributed by atoms with Crippen LogP contribution in [0, 0.1) is 5.92 Å². The van der Waals surface area contributed by atoms with Gasteiger partial charge in [-0.15, -0.1) is 0 Å². The van der Waals surface area contributed by atoms with Gasteiger partial charge in [0.05, 0.1) is 12.0 Å². The Morgan fingerprint density at radius 2 is 1.59 bits per heavy atom. The number of aliphatic hydroxyl groups excluding tert-OH is 1. The first kappa shape index (κ1) is 14.8. The number of amides is 1. The molecule has 1 heterocycles. The highest BCUT2D eigenvalue weighted by molar-refractivity contribution is 5.81. The molecule has 0 radical (unpaired) electrons. The summed E-state index contributed by atoms with van der Waals surface area (Å²) in [7, 11) is 0. The van der Waals surface area contributed by atoms with Gasteiger partial charge in [0, 0.05) is 13.1 Å². The van der Waals surface area contributed by atoms with Gasteiger partial charge in [-0.05, 0) is 24.0 Å². The van der Waals surface area contributed by atoms with Crippen LogP contribution in [0.15, 0.2) is 60.7 Å². The molecule has 1 saturated heterocycles. The third-order valence-electron chi connectivity index (χ3n) is 4.31. The van der Waals surface area contributed by atoms with Crippen LogP contribution in [0.2, 0.25) is 0 Å². The third-order valence-corrected chi connectivity index (χ3v) is 4.31. The van der Waals surface area contributed by atoms with E-state index in [0.29, 0.717) is 13.0 Å². The first-order valence-electron chi connectivity index (χ1n) is 7.79. The molecule has 1 amide bonds. The standard InChI is InChI=1S/C19H21NO2/c21-18(13-15-7-3-1-4-8-15)17-11-12-20(19(17)22)14-16-9-5-2-6-10-16/h1-10,17-18,21H,11-14H2/t17-,18+/m0/s1. The number of rotatable bonds is 5. The summed E-state index contributed by atoms with van der Waals surface area (Å²) >= 11 is 0. The van der Waals surface area contributed by atoms with Crippen LogP contribution in [0.1, 0.15) is 17.5 Å². The van der Waals surface area contributed by atoms with Gasteiger partial charge >= 0.3 is 0 Å². The van der Waals surface area contributed by atoms with E-state index in [4.69, 9.17) is 0 Å². The maximum absolute atomic E-state index is 12.5. The summed E-state index contributed by atoms with van der Waals surface area (Å²) in [5.74, 6) is -0.198. The molecule has 2 atom stereocenters. The lowest BCUT2D eigenvalue weighted by Crippen LogP contribution is -2.33. The summed E-state index contributed by atoms with van der Waals surface area (Å²) in [5.41, 5.74) is 2.21. The van der Waals surface area contributed by atoms with Crippen molar-refractivity contribution >= 4 is 5.91 Å². The summed E-state index contributed by atoms with van der Waals surface area (Å²) in [6.07, 6.45) is 0.673. The van der Waals surface area contributed by atoms with Gasteiger partial charge in [0.2, 0.25) is 5.91 Å². The lowest BCUT2D eigenvalue weighted by Gasteiger charge is -2.19. The molecule has 0 aliphatic carbocycles. The summed E-state index contributed by atoms with van der Waals surface area (Å²) in [4.78, 5) is 14.4. The van der Waals surface area contributed by atoms with Gasteiger partial charge in [0.15, 0.2) is 0 Å². The Bertz CT molecular complexity index is 612. The van der Waals surface area contributed by atoms with Crippen molar-refractivity contribution in [3.63, 3.8) is 0 Å². The lowest BCUT2D eigenvalue weighted by molar-refractivity contribution is -0.134. The molecule has 0 unspecified atom stereocenters. The van der Waals surface area contributed by atoms with Crippen LogP contribution in [0.5, 0.6) is 0 Å². The average molecular weight is 295 g/mol. The molecule has 3 rings (SSSR count). The second-order valence-electron chi connectivity index (χ2n) is 5.90. The molecule has 0 spiro atoms. The Morgan fingerprint density at radius 3 is 2.23 bits per heavy atom. The maximum Gasteiger partial charge on any atom is 0.228 e. The fraction of sp³-hybridized carbons (Fsp3) is 0.316. The molecule has 22 heavy (non-hydrogen) atoms. The van der Waals surface area contributed by atoms with E-state index in [-0.39, 0.29) is 11.8 Å². The van der Waals surface area contributed by atoms with Crippen molar-refractivity contribution in [2.75, 3.05) is 6.54 Å². The minimum Gasteiger partial charge on any atom is -0.392 e. The molecular formula is C19H21NO2. The molecule has 1 aliphatic heterocycles. The normalized spacial score (nSPS) is 19.4. The smallest absolute Gasteiger partial charge is 0.228 e. The van der Waals surface area contributed by atoms with E-state index in [1.807, 2.05) is 65.6 Å². The van der Waals surface area contributed by atoms with Crippen molar-refractivity contribution in [1.82, 2.24) is 4.90 Å². The van der Waals surface area contributed by atoms with Crippen molar-refractivity contribution in [1.29, 1.82) is 0 Å². The topological polar surface area (TPSA) is 40.5 Å². The molecule has 1 aliphatic rings. The van der Waals surface area contributed by atoms with Gasteiger partial charge in [-0.1, -0.05) is 60.7 Å². The number of hydrogen-bond acceptors (Lipinski definition) is 2. The largest absolute Gasteiger partial charge is 0.392 e. The summed E-state index contributed by atoms with van der Waals surface area (Å²) < 4.78 is 0. The fourth-order valence-corrected chi connectivity index (χ4v) is 3.08. The number of benzene rings is 2. The van der Waals surface area contributed by atoms with Crippen LogP contribution in [-0.4, -0.2) is 28.6 Å². The maximum atomic E-state index is 12.5. The van der Waals surface area contributed by atoms with E-state index in [9.17, 15) is 9.90 Å². The molecule has 114 valence electrons. The minimum atomic E-state index is -0.601. The monoisotopic (exact) mass is 295 g/mol. The highest BCUT2D eigenvalue weighted by Gasteiger charge is 2.36. The molecule has 2 aromatic rings. The van der Waals surface area contributed by atoms with E-state index < -0.39 is 6.10 Å². The molecule has 3 nitrogen and oxygen atoms in total. The number of nitrogens with zero attached hydrogens (tertiary/aromatic N) is 1. The van der Waals surface area contributed by atoms with E-state index in [0.717, 1.165) is 24.1 Å². The van der Waals surface area contributed by atoms with Gasteiger partial charge in [-0.3, -0.25) is 4.79 Å². The van der Waals surface area contributed by atoms with Crippen molar-refractivity contribution in [2.45, 2.75) is 25.5 Å². The Balaban J connectivity index is 1.61. The first-order chi connectivity index (χ1) is 10.7. The second-order valence-corrected chi connectivity index (χ2v) is 5.90. The zero-order valence-electron chi connectivity index (χ0n) is 12.6. The van der Waals surface area contributed by atoms with Crippen molar-refractivity contribution < 1.29 is 9.90 Å². The zero-order chi connectivity index (χ0) is 15.4. The Hall–Kier alpha value is -2.13. The molecule has 0 saturated carbocycles. The van der Waals surface area contributed by atoms with Crippen molar-refractivity contribution in [3.05, 3.63) is 71.8 Å². The Labute approximate surface area is 131 Å². The molecule has 2 aromatic carbocycles. The lowest BCUT2D eigenvalue weighted by atomic mass is 9.95. The minimum absolute atomic E-state index is 0.0762. The van der Waals surface area contributed by atoms with Crippen LogP contribution in [-0.2, 0) is 17.8 Å². The number of likely N-dealkylation sites (tertiary alicyclic amines) is 1. The number of hydrogen-bond donors (Lipinski definition) is 1. The Kier molecular flexibility index (Phi) is 4.54. The summed E-state index contributed by atoms with van der Waals surface area (Å²) in [6.45, 7) is 1.36. The summed E-state index contributed by atoms with van der Waals surface area (Å²) in [5, 5.41) is 10.4. The number of aliphatic hydroxyl groups is 1. The molecule has 1 N–H and O–H groups in total. The van der Waals surface area contributed by atoms with E-state index >= 15 is 0 Å². The molecule has 0 bridgehead atoms. The van der Waals surface area contributed by atoms with Crippen molar-refractivity contribution in [2.24, 2.45) is 5.92 Å². The van der Waals surface area contributed by atoms with Gasteiger partial charge in [0.1, 0.15) is 0 Å². The first-order valence-corrected chi connectivity index (χ1v) is 7.79. The fourth-order valence-electron chi connectivity index (χ4n) is 3.08. The van der Waals surface area contributed by atoms with Crippen LogP contribution in [0.4, 0.5) is 0 Å². The van der Waals surface area contributed by atoms with Crippen LogP contribution >= 0.6 is 0 Å². The molecule has 1 fully saturated rings. The van der Waals surface area contributed by atoms with Crippen LogP contribution in [0.3, 0.4) is 0 Å². The predicted octanol–water partition coefficient (Wildman–Crippen LogP) is 2.64. The van der Waals surface area contributed by atoms with E-state index in [1.54, 1.807) is 0 Å². The molecule has 0 aromatic heterocycles. The summed E-state index contributed by atoms with van der Waals surface area (Å²) in [6, 6.07) is 19.9. The van der Waals surface area contributed by atoms with Gasteiger partial charge in [-0.2, -0.15) is 0 Å². The Morgan fingerprint density at radius 1 is 1.00 bits per heavy atom. The van der Waals surface area contributed by atoms with Gasteiger partial charge in [-0.25, -0.2) is 0 Å². The second kappa shape index (κ2) is 6.75. The molecule has 3 heteroatoms. The number of carbonyl (C=O) groups excluding carboxylic acids is 1. The van der Waals surface area contributed by atoms with Crippen LogP contribution in [0.25, 0.3) is 0 Å². The van der Waals surface area contributed by atoms with E-state index in [2.05, 4.69) is 0 Å². The SMILES string of the molecule is O=C1[C@H]([C@H](O)Cc2ccccc2)CCN1Cc1ccccc1. The zero-order valence-corrected chi connectivity index (χ0v) is 12.6. The molecular weight excluding hydrogens is 274 g/mol. The van der Waals surface area contributed by atoms with Gasteiger partial charge in [0.25, 0.3) is 0 Å². The van der Waals surface area contributed by atoms with Gasteiger partial charge < -0.3 is 10.0 Å². The van der Waals surface area contributed by atoms with Crippen molar-refractivity contribution in [3.8, 4) is 0 Å². The number of carbonyl (C=O) groups is 1. The highest BCUT2D eigenvalue weighted by atomic mass is 16.3. The highest BCUT2D eigenvalue weighted by Crippen LogP contribution is 2.25.